The minimum atomic E-state index is -0.388. The van der Waals surface area contributed by atoms with Gasteiger partial charge in [0, 0.05) is 13.2 Å². The van der Waals surface area contributed by atoms with Crippen molar-refractivity contribution >= 4 is 11.9 Å². The quantitative estimate of drug-likeness (QED) is 0.452. The Hall–Kier alpha value is -1.10. The molecule has 0 aromatic rings. The minimum absolute atomic E-state index is 0.0248. The van der Waals surface area contributed by atoms with Crippen molar-refractivity contribution in [2.75, 3.05) is 33.4 Å². The van der Waals surface area contributed by atoms with Crippen molar-refractivity contribution in [2.24, 2.45) is 0 Å². The maximum absolute atomic E-state index is 11.8. The van der Waals surface area contributed by atoms with Gasteiger partial charge in [0.1, 0.15) is 6.54 Å². The summed E-state index contributed by atoms with van der Waals surface area (Å²) in [5, 5.41) is 0. The molecule has 0 saturated carbocycles. The average molecular weight is 245 g/mol. The van der Waals surface area contributed by atoms with E-state index in [-0.39, 0.29) is 18.4 Å². The van der Waals surface area contributed by atoms with E-state index < -0.39 is 0 Å². The van der Waals surface area contributed by atoms with Crippen molar-refractivity contribution in [2.45, 2.75) is 33.1 Å². The van der Waals surface area contributed by atoms with Gasteiger partial charge in [0.25, 0.3) is 0 Å². The third kappa shape index (κ3) is 7.74. The highest BCUT2D eigenvalue weighted by Crippen LogP contribution is 1.98. The van der Waals surface area contributed by atoms with E-state index in [9.17, 15) is 9.59 Å². The van der Waals surface area contributed by atoms with Crippen LogP contribution < -0.4 is 0 Å². The van der Waals surface area contributed by atoms with Gasteiger partial charge in [0.15, 0.2) is 0 Å². The van der Waals surface area contributed by atoms with Crippen LogP contribution in [0, 0.1) is 0 Å². The fourth-order valence-electron chi connectivity index (χ4n) is 1.35. The molecule has 0 aliphatic rings. The molecule has 0 aliphatic heterocycles. The first-order chi connectivity index (χ1) is 8.15. The van der Waals surface area contributed by atoms with E-state index in [0.717, 1.165) is 12.8 Å². The monoisotopic (exact) mass is 245 g/mol. The molecule has 17 heavy (non-hydrogen) atoms. The van der Waals surface area contributed by atoms with Gasteiger partial charge in [-0.05, 0) is 12.8 Å². The second-order valence-corrected chi connectivity index (χ2v) is 3.75. The third-order valence-electron chi connectivity index (χ3n) is 2.20. The maximum Gasteiger partial charge on any atom is 0.325 e. The maximum atomic E-state index is 11.8. The first-order valence-electron chi connectivity index (χ1n) is 6.08. The molecular formula is C12H23NO4. The van der Waals surface area contributed by atoms with Crippen LogP contribution in [0.5, 0.6) is 0 Å². The topological polar surface area (TPSA) is 55.8 Å². The van der Waals surface area contributed by atoms with Gasteiger partial charge < -0.3 is 14.4 Å². The molecule has 0 bridgehead atoms. The zero-order chi connectivity index (χ0) is 13.1. The Labute approximate surface area is 103 Å². The number of esters is 1. The van der Waals surface area contributed by atoms with E-state index in [2.05, 4.69) is 4.74 Å². The molecule has 0 radical (unpaired) electrons. The lowest BCUT2D eigenvalue weighted by Crippen LogP contribution is -2.37. The van der Waals surface area contributed by atoms with Crippen LogP contribution in [0.15, 0.2) is 0 Å². The van der Waals surface area contributed by atoms with Crippen molar-refractivity contribution in [3.05, 3.63) is 0 Å². The number of ether oxygens (including phenoxy) is 2. The largest absolute Gasteiger partial charge is 0.468 e. The number of carbonyl (C=O) groups is 2. The fraction of sp³-hybridized carbons (Fsp3) is 0.833. The van der Waals surface area contributed by atoms with Crippen molar-refractivity contribution in [3.63, 3.8) is 0 Å². The lowest BCUT2D eigenvalue weighted by atomic mass is 10.3. The summed E-state index contributed by atoms with van der Waals surface area (Å²) in [5.74, 6) is -0.449. The number of methoxy groups -OCH3 is 1. The number of rotatable bonds is 9. The second kappa shape index (κ2) is 10.1. The highest BCUT2D eigenvalue weighted by Gasteiger charge is 2.16. The molecule has 0 spiro atoms. The smallest absolute Gasteiger partial charge is 0.325 e. The van der Waals surface area contributed by atoms with Crippen molar-refractivity contribution in [1.82, 2.24) is 4.90 Å². The standard InChI is InChI=1S/C12H23NO4/c1-4-7-13(10-12(15)16-3)11(14)6-9-17-8-5-2/h4-10H2,1-3H3. The van der Waals surface area contributed by atoms with Crippen molar-refractivity contribution < 1.29 is 19.1 Å². The Bertz CT molecular complexity index is 231. The average Bonchev–Trinajstić information content (AvgIpc) is 2.33. The molecule has 0 atom stereocenters. The third-order valence-corrected chi connectivity index (χ3v) is 2.20. The Morgan fingerprint density at radius 3 is 2.35 bits per heavy atom. The summed E-state index contributed by atoms with van der Waals surface area (Å²) < 4.78 is 9.81. The number of hydrogen-bond acceptors (Lipinski definition) is 4. The molecule has 0 rings (SSSR count). The molecule has 0 unspecified atom stereocenters. The highest BCUT2D eigenvalue weighted by molar-refractivity contribution is 5.82. The van der Waals surface area contributed by atoms with Gasteiger partial charge in [-0.25, -0.2) is 0 Å². The zero-order valence-electron chi connectivity index (χ0n) is 11.0. The van der Waals surface area contributed by atoms with E-state index >= 15 is 0 Å². The van der Waals surface area contributed by atoms with Crippen LogP contribution in [-0.4, -0.2) is 50.2 Å². The fourth-order valence-corrected chi connectivity index (χ4v) is 1.35. The van der Waals surface area contributed by atoms with Gasteiger partial charge in [-0.15, -0.1) is 0 Å². The first-order valence-corrected chi connectivity index (χ1v) is 6.08. The van der Waals surface area contributed by atoms with Crippen LogP contribution in [0.3, 0.4) is 0 Å². The molecule has 0 aliphatic carbocycles. The Balaban J connectivity index is 4.01. The molecule has 5 nitrogen and oxygen atoms in total. The van der Waals surface area contributed by atoms with Gasteiger partial charge in [-0.3, -0.25) is 9.59 Å². The molecule has 0 N–H and O–H groups in total. The number of hydrogen-bond donors (Lipinski definition) is 0. The molecule has 0 saturated heterocycles. The van der Waals surface area contributed by atoms with Crippen molar-refractivity contribution in [3.8, 4) is 0 Å². The SMILES string of the molecule is CCCOCCC(=O)N(CCC)CC(=O)OC. The molecule has 0 heterocycles. The minimum Gasteiger partial charge on any atom is -0.468 e. The van der Waals surface area contributed by atoms with Gasteiger partial charge >= 0.3 is 5.97 Å². The van der Waals surface area contributed by atoms with E-state index in [4.69, 9.17) is 4.74 Å². The molecule has 100 valence electrons. The molecule has 0 aromatic carbocycles. The summed E-state index contributed by atoms with van der Waals surface area (Å²) in [5.41, 5.74) is 0. The number of amides is 1. The summed E-state index contributed by atoms with van der Waals surface area (Å²) in [6.45, 7) is 5.65. The Kier molecular flexibility index (Phi) is 9.43. The predicted octanol–water partition coefficient (Wildman–Crippen LogP) is 1.21. The lowest BCUT2D eigenvalue weighted by Gasteiger charge is -2.20. The van der Waals surface area contributed by atoms with Crippen LogP contribution in [-0.2, 0) is 19.1 Å². The summed E-state index contributed by atoms with van der Waals surface area (Å²) in [6.07, 6.45) is 2.07. The van der Waals surface area contributed by atoms with E-state index in [1.807, 2.05) is 13.8 Å². The second-order valence-electron chi connectivity index (χ2n) is 3.75. The van der Waals surface area contributed by atoms with Crippen LogP contribution in [0.2, 0.25) is 0 Å². The highest BCUT2D eigenvalue weighted by atomic mass is 16.5. The number of carbonyl (C=O) groups excluding carboxylic acids is 2. The Morgan fingerprint density at radius 2 is 1.82 bits per heavy atom. The van der Waals surface area contributed by atoms with Crippen molar-refractivity contribution in [1.29, 1.82) is 0 Å². The number of nitrogens with zero attached hydrogens (tertiary/aromatic N) is 1. The lowest BCUT2D eigenvalue weighted by molar-refractivity contribution is -0.147. The molecule has 1 amide bonds. The predicted molar refractivity (Wildman–Crippen MR) is 64.6 cm³/mol. The van der Waals surface area contributed by atoms with Crippen LogP contribution in [0.25, 0.3) is 0 Å². The molecular weight excluding hydrogens is 222 g/mol. The summed E-state index contributed by atoms with van der Waals surface area (Å²) in [7, 11) is 1.32. The molecule has 0 fully saturated rings. The van der Waals surface area contributed by atoms with E-state index in [1.165, 1.54) is 12.0 Å². The van der Waals surface area contributed by atoms with Gasteiger partial charge in [0.05, 0.1) is 20.1 Å². The van der Waals surface area contributed by atoms with Crippen LogP contribution in [0.4, 0.5) is 0 Å². The van der Waals surface area contributed by atoms with E-state index in [0.29, 0.717) is 26.2 Å². The van der Waals surface area contributed by atoms with Crippen LogP contribution in [0.1, 0.15) is 33.1 Å². The van der Waals surface area contributed by atoms with Gasteiger partial charge in [0.2, 0.25) is 5.91 Å². The zero-order valence-corrected chi connectivity index (χ0v) is 11.0. The van der Waals surface area contributed by atoms with Crippen LogP contribution >= 0.6 is 0 Å². The molecule has 5 heteroatoms. The molecule has 0 aromatic heterocycles. The van der Waals surface area contributed by atoms with Gasteiger partial charge in [-0.1, -0.05) is 13.8 Å². The normalized spacial score (nSPS) is 10.1. The Morgan fingerprint density at radius 1 is 1.12 bits per heavy atom. The summed E-state index contributed by atoms with van der Waals surface area (Å²) in [4.78, 5) is 24.4. The summed E-state index contributed by atoms with van der Waals surface area (Å²) >= 11 is 0. The van der Waals surface area contributed by atoms with Gasteiger partial charge in [-0.2, -0.15) is 0 Å². The first kappa shape index (κ1) is 15.9. The van der Waals surface area contributed by atoms with E-state index in [1.54, 1.807) is 0 Å². The summed E-state index contributed by atoms with van der Waals surface area (Å²) in [6, 6.07) is 0.